The summed E-state index contributed by atoms with van der Waals surface area (Å²) in [7, 11) is 1.92. The highest BCUT2D eigenvalue weighted by atomic mass is 16.2. The number of benzene rings is 3. The highest BCUT2D eigenvalue weighted by Gasteiger charge is 2.36. The fourth-order valence-electron chi connectivity index (χ4n) is 4.94. The van der Waals surface area contributed by atoms with Gasteiger partial charge in [0.2, 0.25) is 0 Å². The number of carbonyl (C=O) groups excluding carboxylic acids is 1. The lowest BCUT2D eigenvalue weighted by molar-refractivity contribution is 0.0703. The smallest absolute Gasteiger partial charge is 0.257 e. The second-order valence-corrected chi connectivity index (χ2v) is 8.58. The zero-order valence-corrected chi connectivity index (χ0v) is 18.6. The monoisotopic (exact) mass is 426 g/mol. The molecule has 5 rings (SSSR count). The minimum atomic E-state index is -0.0933. The molecular weight excluding hydrogens is 396 g/mol. The molecule has 0 saturated carbocycles. The van der Waals surface area contributed by atoms with Crippen LogP contribution in [0.4, 0.5) is 11.4 Å². The van der Waals surface area contributed by atoms with Crippen LogP contribution in [-0.2, 0) is 0 Å². The Morgan fingerprint density at radius 1 is 0.750 bits per heavy atom. The third-order valence-electron chi connectivity index (χ3n) is 6.67. The van der Waals surface area contributed by atoms with Gasteiger partial charge in [-0.25, -0.2) is 0 Å². The molecule has 0 aliphatic carbocycles. The van der Waals surface area contributed by atoms with Gasteiger partial charge >= 0.3 is 0 Å². The van der Waals surface area contributed by atoms with Gasteiger partial charge in [0.15, 0.2) is 0 Å². The molecule has 2 aliphatic rings. The van der Waals surface area contributed by atoms with Crippen molar-refractivity contribution in [3.8, 4) is 0 Å². The molecule has 1 saturated heterocycles. The number of piperazine rings is 1. The summed E-state index contributed by atoms with van der Waals surface area (Å²) in [5.41, 5.74) is 4.27. The minimum absolute atomic E-state index is 0.0854. The van der Waals surface area contributed by atoms with Crippen molar-refractivity contribution < 1.29 is 4.79 Å². The largest absolute Gasteiger partial charge is 0.369 e. The molecule has 1 atom stereocenters. The predicted octanol–water partition coefficient (Wildman–Crippen LogP) is 4.10. The molecule has 1 unspecified atom stereocenters. The van der Waals surface area contributed by atoms with Crippen molar-refractivity contribution in [2.45, 2.75) is 6.17 Å². The van der Waals surface area contributed by atoms with Crippen molar-refractivity contribution in [1.82, 2.24) is 9.80 Å². The van der Waals surface area contributed by atoms with E-state index < -0.39 is 0 Å². The molecule has 3 aromatic rings. The number of hydrogen-bond acceptors (Lipinski definition) is 4. The van der Waals surface area contributed by atoms with Gasteiger partial charge in [-0.3, -0.25) is 9.69 Å². The van der Waals surface area contributed by atoms with Gasteiger partial charge in [0, 0.05) is 52.0 Å². The van der Waals surface area contributed by atoms with Gasteiger partial charge in [-0.2, -0.15) is 0 Å². The average molecular weight is 427 g/mol. The molecule has 0 N–H and O–H groups in total. The second-order valence-electron chi connectivity index (χ2n) is 8.58. The van der Waals surface area contributed by atoms with Crippen molar-refractivity contribution in [2.24, 2.45) is 0 Å². The number of anilines is 2. The van der Waals surface area contributed by atoms with Crippen molar-refractivity contribution in [1.29, 1.82) is 0 Å². The maximum Gasteiger partial charge on any atom is 0.257 e. The zero-order valence-electron chi connectivity index (χ0n) is 18.6. The number of nitrogens with zero attached hydrogens (tertiary/aromatic N) is 4. The first-order valence-corrected chi connectivity index (χ1v) is 11.4. The molecule has 2 aliphatic heterocycles. The fraction of sp³-hybridized carbons (Fsp3) is 0.296. The van der Waals surface area contributed by atoms with Gasteiger partial charge in [0.05, 0.1) is 11.3 Å². The Balaban J connectivity index is 1.33. The summed E-state index contributed by atoms with van der Waals surface area (Å²) in [4.78, 5) is 22.4. The zero-order chi connectivity index (χ0) is 21.9. The normalized spacial score (nSPS) is 19.2. The molecule has 5 heteroatoms. The van der Waals surface area contributed by atoms with E-state index in [2.05, 4.69) is 75.4 Å². The third kappa shape index (κ3) is 3.96. The number of amides is 1. The van der Waals surface area contributed by atoms with E-state index in [1.54, 1.807) is 0 Å². The van der Waals surface area contributed by atoms with E-state index in [-0.39, 0.29) is 12.1 Å². The molecular formula is C27H30N4O. The molecule has 0 radical (unpaired) electrons. The molecule has 0 aromatic heterocycles. The van der Waals surface area contributed by atoms with Gasteiger partial charge < -0.3 is 14.7 Å². The van der Waals surface area contributed by atoms with E-state index in [9.17, 15) is 4.79 Å². The molecule has 1 fully saturated rings. The van der Waals surface area contributed by atoms with Crippen molar-refractivity contribution in [2.75, 3.05) is 56.1 Å². The van der Waals surface area contributed by atoms with Gasteiger partial charge in [-0.15, -0.1) is 0 Å². The van der Waals surface area contributed by atoms with Crippen LogP contribution in [0.1, 0.15) is 22.1 Å². The first-order valence-electron chi connectivity index (χ1n) is 11.4. The Morgan fingerprint density at radius 2 is 1.38 bits per heavy atom. The maximum atomic E-state index is 13.1. The standard InChI is InChI=1S/C27H30N4O/c1-28-26(22-10-4-2-5-11-22)31(25-15-9-8-14-24(25)27(28)32)21-18-29-16-19-30(20-17-29)23-12-6-3-7-13-23/h2-15,26H,16-21H2,1H3. The number of hydrogen-bond donors (Lipinski definition) is 0. The molecule has 32 heavy (non-hydrogen) atoms. The Labute approximate surface area is 190 Å². The molecule has 3 aromatic carbocycles. The molecule has 164 valence electrons. The van der Waals surface area contributed by atoms with Crippen LogP contribution in [0.5, 0.6) is 0 Å². The van der Waals surface area contributed by atoms with Crippen molar-refractivity contribution in [3.63, 3.8) is 0 Å². The summed E-state index contributed by atoms with van der Waals surface area (Å²) in [6.45, 7) is 6.04. The van der Waals surface area contributed by atoms with Gasteiger partial charge in [0.25, 0.3) is 5.91 Å². The fourth-order valence-corrected chi connectivity index (χ4v) is 4.94. The first kappa shape index (κ1) is 20.6. The quantitative estimate of drug-likeness (QED) is 0.615. The highest BCUT2D eigenvalue weighted by molar-refractivity contribution is 6.01. The summed E-state index contributed by atoms with van der Waals surface area (Å²) in [5, 5.41) is 0. The van der Waals surface area contributed by atoms with Crippen LogP contribution >= 0.6 is 0 Å². The average Bonchev–Trinajstić information content (AvgIpc) is 2.87. The van der Waals surface area contributed by atoms with Crippen molar-refractivity contribution in [3.05, 3.63) is 96.1 Å². The minimum Gasteiger partial charge on any atom is -0.369 e. The molecule has 1 amide bonds. The van der Waals surface area contributed by atoms with Crippen LogP contribution in [0.25, 0.3) is 0 Å². The third-order valence-corrected chi connectivity index (χ3v) is 6.67. The number of para-hydroxylation sites is 2. The Bertz CT molecular complexity index is 1050. The molecule has 0 bridgehead atoms. The van der Waals surface area contributed by atoms with Crippen LogP contribution in [0.2, 0.25) is 0 Å². The summed E-state index contributed by atoms with van der Waals surface area (Å²) in [6.07, 6.45) is -0.0933. The van der Waals surface area contributed by atoms with Gasteiger partial charge in [0.1, 0.15) is 6.17 Å². The summed E-state index contributed by atoms with van der Waals surface area (Å²) in [5.74, 6) is 0.0854. The van der Waals surface area contributed by atoms with E-state index in [1.165, 1.54) is 5.69 Å². The Hall–Kier alpha value is -3.31. The number of carbonyl (C=O) groups is 1. The Morgan fingerprint density at radius 3 is 2.09 bits per heavy atom. The SMILES string of the molecule is CN1C(=O)c2ccccc2N(CCN2CCN(c3ccccc3)CC2)C1c1ccccc1. The second kappa shape index (κ2) is 9.05. The number of fused-ring (bicyclic) bond motifs is 1. The summed E-state index contributed by atoms with van der Waals surface area (Å²) >= 11 is 0. The summed E-state index contributed by atoms with van der Waals surface area (Å²) < 4.78 is 0. The molecule has 2 heterocycles. The van der Waals surface area contributed by atoms with E-state index >= 15 is 0 Å². The lowest BCUT2D eigenvalue weighted by Crippen LogP contribution is -2.52. The van der Waals surface area contributed by atoms with E-state index in [0.29, 0.717) is 0 Å². The lowest BCUT2D eigenvalue weighted by Gasteiger charge is -2.45. The van der Waals surface area contributed by atoms with E-state index in [4.69, 9.17) is 0 Å². The van der Waals surface area contributed by atoms with E-state index in [1.807, 2.05) is 36.2 Å². The number of rotatable bonds is 5. The van der Waals surface area contributed by atoms with Crippen LogP contribution in [0.15, 0.2) is 84.9 Å². The predicted molar refractivity (Wildman–Crippen MR) is 130 cm³/mol. The topological polar surface area (TPSA) is 30.0 Å². The van der Waals surface area contributed by atoms with Gasteiger partial charge in [-0.1, -0.05) is 60.7 Å². The van der Waals surface area contributed by atoms with Crippen LogP contribution in [-0.4, -0.2) is 62.0 Å². The summed E-state index contributed by atoms with van der Waals surface area (Å²) in [6, 6.07) is 29.1. The molecule has 0 spiro atoms. The van der Waals surface area contributed by atoms with Gasteiger partial charge in [-0.05, 0) is 29.8 Å². The van der Waals surface area contributed by atoms with Crippen LogP contribution in [0, 0.1) is 0 Å². The molecule has 5 nitrogen and oxygen atoms in total. The lowest BCUT2D eigenvalue weighted by atomic mass is 10.0. The first-order chi connectivity index (χ1) is 15.7. The maximum absolute atomic E-state index is 13.1. The highest BCUT2D eigenvalue weighted by Crippen LogP contribution is 2.37. The van der Waals surface area contributed by atoms with E-state index in [0.717, 1.165) is 56.1 Å². The van der Waals surface area contributed by atoms with Crippen molar-refractivity contribution >= 4 is 17.3 Å². The van der Waals surface area contributed by atoms with Crippen LogP contribution in [0.3, 0.4) is 0 Å². The Kier molecular flexibility index (Phi) is 5.82. The van der Waals surface area contributed by atoms with Crippen LogP contribution < -0.4 is 9.80 Å².